The number of carboxylic acids is 1. The highest BCUT2D eigenvalue weighted by molar-refractivity contribution is 7.09. The summed E-state index contributed by atoms with van der Waals surface area (Å²) in [4.78, 5) is 26.7. The third-order valence-corrected chi connectivity index (χ3v) is 3.37. The zero-order valence-electron chi connectivity index (χ0n) is 11.0. The number of hydrogen-bond donors (Lipinski definition) is 3. The predicted molar refractivity (Wildman–Crippen MR) is 76.1 cm³/mol. The van der Waals surface area contributed by atoms with Gasteiger partial charge in [0.1, 0.15) is 5.82 Å². The molecule has 0 unspecified atom stereocenters. The zero-order valence-corrected chi connectivity index (χ0v) is 11.8. The first-order valence-corrected chi connectivity index (χ1v) is 6.82. The number of nitrogens with zero attached hydrogens (tertiary/aromatic N) is 1. The van der Waals surface area contributed by atoms with Crippen LogP contribution in [0.1, 0.15) is 21.1 Å². The van der Waals surface area contributed by atoms with Crippen molar-refractivity contribution in [3.8, 4) is 0 Å². The lowest BCUT2D eigenvalue weighted by Gasteiger charge is -2.07. The number of rotatable bonds is 4. The summed E-state index contributed by atoms with van der Waals surface area (Å²) in [6.45, 7) is 2.11. The Balaban J connectivity index is 1.96. The number of nitrogens with one attached hydrogen (secondary N) is 2. The second-order valence-corrected chi connectivity index (χ2v) is 5.23. The van der Waals surface area contributed by atoms with Crippen LogP contribution < -0.4 is 10.6 Å². The second-order valence-electron chi connectivity index (χ2n) is 4.17. The van der Waals surface area contributed by atoms with E-state index in [4.69, 9.17) is 5.11 Å². The fraction of sp³-hybridized carbons (Fsp3) is 0.154. The Morgan fingerprint density at radius 3 is 2.81 bits per heavy atom. The molecule has 0 aliphatic heterocycles. The van der Waals surface area contributed by atoms with Crippen molar-refractivity contribution in [2.75, 3.05) is 5.32 Å². The van der Waals surface area contributed by atoms with E-state index in [0.29, 0.717) is 0 Å². The smallest absolute Gasteiger partial charge is 0.338 e. The molecule has 0 atom stereocenters. The Labute approximate surface area is 123 Å². The third kappa shape index (κ3) is 3.99. The average Bonchev–Trinajstić information content (AvgIpc) is 2.84. The number of urea groups is 1. The quantitative estimate of drug-likeness (QED) is 0.809. The molecular formula is C13H12FN3O3S. The van der Waals surface area contributed by atoms with Gasteiger partial charge in [-0.25, -0.2) is 19.0 Å². The molecule has 0 radical (unpaired) electrons. The molecule has 2 rings (SSSR count). The summed E-state index contributed by atoms with van der Waals surface area (Å²) in [5.74, 6) is -2.25. The number of carboxylic acid groups (broad SMARTS) is 1. The van der Waals surface area contributed by atoms with Crippen LogP contribution in [0.2, 0.25) is 0 Å². The molecule has 1 aromatic carbocycles. The Kier molecular flexibility index (Phi) is 4.49. The van der Waals surface area contributed by atoms with Gasteiger partial charge in [-0.1, -0.05) is 0 Å². The topological polar surface area (TPSA) is 91.3 Å². The number of hydrogen-bond acceptors (Lipinski definition) is 4. The van der Waals surface area contributed by atoms with Gasteiger partial charge in [0.2, 0.25) is 0 Å². The van der Waals surface area contributed by atoms with E-state index in [2.05, 4.69) is 15.6 Å². The Morgan fingerprint density at radius 1 is 1.43 bits per heavy atom. The van der Waals surface area contributed by atoms with Crippen molar-refractivity contribution in [1.82, 2.24) is 10.3 Å². The molecule has 0 aliphatic carbocycles. The first-order valence-electron chi connectivity index (χ1n) is 5.94. The highest BCUT2D eigenvalue weighted by Crippen LogP contribution is 2.15. The van der Waals surface area contributed by atoms with E-state index in [0.717, 1.165) is 22.8 Å². The molecule has 0 saturated carbocycles. The summed E-state index contributed by atoms with van der Waals surface area (Å²) in [6, 6.07) is 2.81. The van der Waals surface area contributed by atoms with Gasteiger partial charge in [0, 0.05) is 11.1 Å². The predicted octanol–water partition coefficient (Wildman–Crippen LogP) is 2.61. The molecule has 0 saturated heterocycles. The fourth-order valence-electron chi connectivity index (χ4n) is 1.60. The van der Waals surface area contributed by atoms with Crippen LogP contribution in [0, 0.1) is 12.7 Å². The van der Waals surface area contributed by atoms with Crippen LogP contribution in [0.3, 0.4) is 0 Å². The minimum absolute atomic E-state index is 0.195. The normalized spacial score (nSPS) is 10.2. The highest BCUT2D eigenvalue weighted by atomic mass is 32.1. The molecule has 21 heavy (non-hydrogen) atoms. The number of carbonyl (C=O) groups excluding carboxylic acids is 1. The molecule has 0 fully saturated rings. The van der Waals surface area contributed by atoms with E-state index in [1.165, 1.54) is 17.4 Å². The summed E-state index contributed by atoms with van der Waals surface area (Å²) >= 11 is 1.48. The van der Waals surface area contributed by atoms with Crippen molar-refractivity contribution >= 4 is 29.0 Å². The number of aryl methyl sites for hydroxylation is 1. The van der Waals surface area contributed by atoms with Crippen molar-refractivity contribution in [2.45, 2.75) is 13.5 Å². The third-order valence-electron chi connectivity index (χ3n) is 2.55. The SMILES string of the molecule is Cc1nc(CNC(=O)Nc2ccc(F)c(C(=O)O)c2)cs1. The molecule has 110 valence electrons. The lowest BCUT2D eigenvalue weighted by molar-refractivity contribution is 0.0692. The Morgan fingerprint density at radius 2 is 2.19 bits per heavy atom. The molecule has 8 heteroatoms. The van der Waals surface area contributed by atoms with Gasteiger partial charge in [-0.05, 0) is 25.1 Å². The Hall–Kier alpha value is -2.48. The summed E-state index contributed by atoms with van der Waals surface area (Å²) in [5.41, 5.74) is 0.432. The van der Waals surface area contributed by atoms with E-state index in [-0.39, 0.29) is 12.2 Å². The van der Waals surface area contributed by atoms with Gasteiger partial charge in [0.05, 0.1) is 22.8 Å². The van der Waals surface area contributed by atoms with E-state index in [1.807, 2.05) is 12.3 Å². The maximum Gasteiger partial charge on any atom is 0.338 e. The van der Waals surface area contributed by atoms with Gasteiger partial charge in [0.25, 0.3) is 0 Å². The van der Waals surface area contributed by atoms with Crippen molar-refractivity contribution < 1.29 is 19.1 Å². The van der Waals surface area contributed by atoms with Crippen molar-refractivity contribution in [1.29, 1.82) is 0 Å². The molecule has 0 spiro atoms. The number of aromatic nitrogens is 1. The fourth-order valence-corrected chi connectivity index (χ4v) is 2.22. The van der Waals surface area contributed by atoms with E-state index < -0.39 is 23.4 Å². The molecule has 6 nitrogen and oxygen atoms in total. The van der Waals surface area contributed by atoms with Gasteiger partial charge < -0.3 is 15.7 Å². The molecule has 0 bridgehead atoms. The number of carbonyl (C=O) groups is 2. The number of halogens is 1. The lowest BCUT2D eigenvalue weighted by Crippen LogP contribution is -2.28. The molecular weight excluding hydrogens is 297 g/mol. The number of benzene rings is 1. The summed E-state index contributed by atoms with van der Waals surface area (Å²) in [7, 11) is 0. The maximum absolute atomic E-state index is 13.2. The summed E-state index contributed by atoms with van der Waals surface area (Å²) < 4.78 is 13.2. The van der Waals surface area contributed by atoms with Gasteiger partial charge in [-0.15, -0.1) is 11.3 Å². The number of thiazole rings is 1. The van der Waals surface area contributed by atoms with E-state index in [1.54, 1.807) is 0 Å². The molecule has 0 aliphatic rings. The first kappa shape index (κ1) is 14.9. The summed E-state index contributed by atoms with van der Waals surface area (Å²) in [5, 5.41) is 16.5. The van der Waals surface area contributed by atoms with Gasteiger partial charge in [-0.3, -0.25) is 0 Å². The van der Waals surface area contributed by atoms with Crippen LogP contribution in [0.15, 0.2) is 23.6 Å². The number of aromatic carboxylic acids is 1. The average molecular weight is 309 g/mol. The van der Waals surface area contributed by atoms with Crippen LogP contribution in [-0.4, -0.2) is 22.1 Å². The standard InChI is InChI=1S/C13H12FN3O3S/c1-7-16-9(6-21-7)5-15-13(20)17-8-2-3-11(14)10(4-8)12(18)19/h2-4,6H,5H2,1H3,(H,18,19)(H2,15,17,20). The molecule has 3 N–H and O–H groups in total. The molecule has 1 aromatic heterocycles. The van der Waals surface area contributed by atoms with Crippen molar-refractivity contribution in [3.63, 3.8) is 0 Å². The van der Waals surface area contributed by atoms with Gasteiger partial charge in [-0.2, -0.15) is 0 Å². The number of anilines is 1. The van der Waals surface area contributed by atoms with Crippen LogP contribution in [-0.2, 0) is 6.54 Å². The van der Waals surface area contributed by atoms with Crippen LogP contribution in [0.25, 0.3) is 0 Å². The van der Waals surface area contributed by atoms with E-state index in [9.17, 15) is 14.0 Å². The minimum atomic E-state index is -1.39. The van der Waals surface area contributed by atoms with Crippen molar-refractivity contribution in [2.24, 2.45) is 0 Å². The molecule has 2 amide bonds. The minimum Gasteiger partial charge on any atom is -0.478 e. The zero-order chi connectivity index (χ0) is 15.4. The lowest BCUT2D eigenvalue weighted by atomic mass is 10.2. The summed E-state index contributed by atoms with van der Waals surface area (Å²) in [6.07, 6.45) is 0. The number of amides is 2. The molecule has 1 heterocycles. The van der Waals surface area contributed by atoms with Crippen LogP contribution in [0.5, 0.6) is 0 Å². The maximum atomic E-state index is 13.2. The van der Waals surface area contributed by atoms with Crippen LogP contribution >= 0.6 is 11.3 Å². The second kappa shape index (κ2) is 6.31. The van der Waals surface area contributed by atoms with Crippen molar-refractivity contribution in [3.05, 3.63) is 45.7 Å². The Bertz CT molecular complexity index is 687. The molecule has 2 aromatic rings. The van der Waals surface area contributed by atoms with Crippen LogP contribution in [0.4, 0.5) is 14.9 Å². The largest absolute Gasteiger partial charge is 0.478 e. The monoisotopic (exact) mass is 309 g/mol. The van der Waals surface area contributed by atoms with E-state index >= 15 is 0 Å². The van der Waals surface area contributed by atoms with Gasteiger partial charge >= 0.3 is 12.0 Å². The first-order chi connectivity index (χ1) is 9.95. The van der Waals surface area contributed by atoms with Gasteiger partial charge in [0.15, 0.2) is 0 Å². The highest BCUT2D eigenvalue weighted by Gasteiger charge is 2.12.